The lowest BCUT2D eigenvalue weighted by Gasteiger charge is -2.26. The fraction of sp³-hybridized carbons (Fsp3) is 0.619. The van der Waals surface area contributed by atoms with E-state index in [4.69, 9.17) is 9.47 Å². The zero-order valence-corrected chi connectivity index (χ0v) is 17.0. The molecule has 1 aliphatic rings. The molecule has 0 spiro atoms. The summed E-state index contributed by atoms with van der Waals surface area (Å²) in [5, 5.41) is 3.01. The van der Waals surface area contributed by atoms with Crippen LogP contribution in [0.2, 0.25) is 0 Å². The van der Waals surface area contributed by atoms with Crippen LogP contribution in [0.15, 0.2) is 18.2 Å². The van der Waals surface area contributed by atoms with Crippen LogP contribution in [-0.4, -0.2) is 48.6 Å². The second-order valence-electron chi connectivity index (χ2n) is 7.52. The van der Waals surface area contributed by atoms with Crippen molar-refractivity contribution in [1.82, 2.24) is 10.2 Å². The van der Waals surface area contributed by atoms with Gasteiger partial charge in [-0.05, 0) is 64.7 Å². The van der Waals surface area contributed by atoms with Gasteiger partial charge in [0.2, 0.25) is 0 Å². The first-order valence-corrected chi connectivity index (χ1v) is 9.86. The SMILES string of the molecule is CCOc1cc(C(=O)NC(C)(C)CC)ccc1OCC(=O)N1CCCCC1. The van der Waals surface area contributed by atoms with Crippen molar-refractivity contribution < 1.29 is 19.1 Å². The smallest absolute Gasteiger partial charge is 0.260 e. The number of likely N-dealkylation sites (tertiary alicyclic amines) is 1. The summed E-state index contributed by atoms with van der Waals surface area (Å²) < 4.78 is 11.3. The Hall–Kier alpha value is -2.24. The molecule has 0 unspecified atom stereocenters. The third-order valence-corrected chi connectivity index (χ3v) is 4.90. The minimum absolute atomic E-state index is 0.0105. The van der Waals surface area contributed by atoms with Crippen LogP contribution >= 0.6 is 0 Å². The molecule has 0 atom stereocenters. The van der Waals surface area contributed by atoms with E-state index in [1.807, 2.05) is 32.6 Å². The predicted molar refractivity (Wildman–Crippen MR) is 105 cm³/mol. The van der Waals surface area contributed by atoms with Crippen LogP contribution < -0.4 is 14.8 Å². The van der Waals surface area contributed by atoms with Crippen LogP contribution in [-0.2, 0) is 4.79 Å². The number of nitrogens with one attached hydrogen (secondary N) is 1. The van der Waals surface area contributed by atoms with Crippen LogP contribution in [0.1, 0.15) is 63.7 Å². The van der Waals surface area contributed by atoms with Crippen LogP contribution in [0.3, 0.4) is 0 Å². The maximum Gasteiger partial charge on any atom is 0.260 e. The first-order valence-electron chi connectivity index (χ1n) is 9.86. The lowest BCUT2D eigenvalue weighted by atomic mass is 10.0. The third kappa shape index (κ3) is 6.15. The number of carbonyl (C=O) groups is 2. The van der Waals surface area contributed by atoms with Crippen molar-refractivity contribution in [1.29, 1.82) is 0 Å². The van der Waals surface area contributed by atoms with E-state index >= 15 is 0 Å². The maximum absolute atomic E-state index is 12.5. The van der Waals surface area contributed by atoms with Crippen molar-refractivity contribution in [3.63, 3.8) is 0 Å². The first-order chi connectivity index (χ1) is 12.9. The molecule has 1 heterocycles. The predicted octanol–water partition coefficient (Wildman–Crippen LogP) is 3.40. The monoisotopic (exact) mass is 376 g/mol. The summed E-state index contributed by atoms with van der Waals surface area (Å²) in [6.45, 7) is 9.89. The molecule has 0 bridgehead atoms. The summed E-state index contributed by atoms with van der Waals surface area (Å²) >= 11 is 0. The Kier molecular flexibility index (Phi) is 7.51. The van der Waals surface area contributed by atoms with Gasteiger partial charge in [-0.25, -0.2) is 0 Å². The van der Waals surface area contributed by atoms with Crippen LogP contribution in [0.4, 0.5) is 0 Å². The summed E-state index contributed by atoms with van der Waals surface area (Å²) in [4.78, 5) is 26.6. The van der Waals surface area contributed by atoms with Crippen molar-refractivity contribution in [3.8, 4) is 11.5 Å². The highest BCUT2D eigenvalue weighted by Gasteiger charge is 2.21. The molecule has 1 aliphatic heterocycles. The van der Waals surface area contributed by atoms with E-state index < -0.39 is 0 Å². The molecule has 1 fully saturated rings. The quantitative estimate of drug-likeness (QED) is 0.755. The Morgan fingerprint density at radius 2 is 1.78 bits per heavy atom. The number of hydrogen-bond donors (Lipinski definition) is 1. The normalized spacial score (nSPS) is 14.6. The molecule has 0 aliphatic carbocycles. The molecule has 1 N–H and O–H groups in total. The topological polar surface area (TPSA) is 67.9 Å². The largest absolute Gasteiger partial charge is 0.490 e. The van der Waals surface area contributed by atoms with Gasteiger partial charge in [-0.2, -0.15) is 0 Å². The van der Waals surface area contributed by atoms with E-state index in [0.717, 1.165) is 32.4 Å². The molecule has 0 aromatic heterocycles. The Morgan fingerprint density at radius 3 is 2.41 bits per heavy atom. The number of amides is 2. The van der Waals surface area contributed by atoms with E-state index in [-0.39, 0.29) is 24.0 Å². The van der Waals surface area contributed by atoms with Gasteiger partial charge in [-0.3, -0.25) is 9.59 Å². The molecule has 1 saturated heterocycles. The lowest BCUT2D eigenvalue weighted by molar-refractivity contribution is -0.134. The van der Waals surface area contributed by atoms with Gasteiger partial charge in [0.15, 0.2) is 18.1 Å². The molecule has 6 nitrogen and oxygen atoms in total. The highest BCUT2D eigenvalue weighted by Crippen LogP contribution is 2.29. The molecular weight excluding hydrogens is 344 g/mol. The van der Waals surface area contributed by atoms with E-state index in [2.05, 4.69) is 5.32 Å². The molecular formula is C21H32N2O4. The number of rotatable bonds is 8. The zero-order chi connectivity index (χ0) is 19.9. The number of hydrogen-bond acceptors (Lipinski definition) is 4. The van der Waals surface area contributed by atoms with Crippen molar-refractivity contribution in [3.05, 3.63) is 23.8 Å². The molecule has 6 heteroatoms. The molecule has 0 saturated carbocycles. The van der Waals surface area contributed by atoms with Crippen molar-refractivity contribution in [2.75, 3.05) is 26.3 Å². The third-order valence-electron chi connectivity index (χ3n) is 4.90. The van der Waals surface area contributed by atoms with Gasteiger partial charge in [0, 0.05) is 24.2 Å². The minimum atomic E-state index is -0.279. The maximum atomic E-state index is 12.5. The second kappa shape index (κ2) is 9.62. The second-order valence-corrected chi connectivity index (χ2v) is 7.52. The molecule has 150 valence electrons. The Balaban J connectivity index is 2.05. The highest BCUT2D eigenvalue weighted by atomic mass is 16.5. The van der Waals surface area contributed by atoms with Gasteiger partial charge < -0.3 is 19.7 Å². The van der Waals surface area contributed by atoms with E-state index in [9.17, 15) is 9.59 Å². The van der Waals surface area contributed by atoms with Gasteiger partial charge in [0.1, 0.15) is 0 Å². The first kappa shape index (κ1) is 21.1. The van der Waals surface area contributed by atoms with Gasteiger partial charge in [-0.15, -0.1) is 0 Å². The summed E-state index contributed by atoms with van der Waals surface area (Å²) in [5.74, 6) is 0.793. The van der Waals surface area contributed by atoms with Crippen molar-refractivity contribution >= 4 is 11.8 Å². The van der Waals surface area contributed by atoms with Gasteiger partial charge in [-0.1, -0.05) is 6.92 Å². The van der Waals surface area contributed by atoms with Crippen LogP contribution in [0, 0.1) is 0 Å². The molecule has 1 aromatic rings. The minimum Gasteiger partial charge on any atom is -0.490 e. The highest BCUT2D eigenvalue weighted by molar-refractivity contribution is 5.95. The fourth-order valence-corrected chi connectivity index (χ4v) is 2.88. The summed E-state index contributed by atoms with van der Waals surface area (Å²) in [6.07, 6.45) is 4.11. The summed E-state index contributed by atoms with van der Waals surface area (Å²) in [7, 11) is 0. The molecule has 0 radical (unpaired) electrons. The van der Waals surface area contributed by atoms with Gasteiger partial charge in [0.25, 0.3) is 11.8 Å². The Labute approximate surface area is 162 Å². The van der Waals surface area contributed by atoms with Crippen LogP contribution in [0.5, 0.6) is 11.5 Å². The number of nitrogens with zero attached hydrogens (tertiary/aromatic N) is 1. The molecule has 27 heavy (non-hydrogen) atoms. The molecule has 2 amide bonds. The molecule has 1 aromatic carbocycles. The van der Waals surface area contributed by atoms with E-state index in [1.54, 1.807) is 18.2 Å². The number of piperidine rings is 1. The van der Waals surface area contributed by atoms with Crippen LogP contribution in [0.25, 0.3) is 0 Å². The summed E-state index contributed by atoms with van der Waals surface area (Å²) in [6, 6.07) is 5.07. The van der Waals surface area contributed by atoms with E-state index in [1.165, 1.54) is 6.42 Å². The Bertz CT molecular complexity index is 652. The lowest BCUT2D eigenvalue weighted by Crippen LogP contribution is -2.42. The standard InChI is InChI=1S/C21H32N2O4/c1-5-21(3,4)22-20(25)16-10-11-17(18(14-16)26-6-2)27-15-19(24)23-12-8-7-9-13-23/h10-11,14H,5-9,12-13,15H2,1-4H3,(H,22,25). The summed E-state index contributed by atoms with van der Waals surface area (Å²) in [5.41, 5.74) is 0.230. The average molecular weight is 376 g/mol. The van der Waals surface area contributed by atoms with Crippen molar-refractivity contribution in [2.45, 2.75) is 58.9 Å². The fourth-order valence-electron chi connectivity index (χ4n) is 2.88. The van der Waals surface area contributed by atoms with Crippen molar-refractivity contribution in [2.24, 2.45) is 0 Å². The number of ether oxygens (including phenoxy) is 2. The number of carbonyl (C=O) groups excluding carboxylic acids is 2. The average Bonchev–Trinajstić information content (AvgIpc) is 2.67. The zero-order valence-electron chi connectivity index (χ0n) is 17.0. The van der Waals surface area contributed by atoms with Gasteiger partial charge in [0.05, 0.1) is 6.61 Å². The van der Waals surface area contributed by atoms with E-state index in [0.29, 0.717) is 23.7 Å². The Morgan fingerprint density at radius 1 is 1.07 bits per heavy atom. The molecule has 2 rings (SSSR count). The van der Waals surface area contributed by atoms with Gasteiger partial charge >= 0.3 is 0 Å². The number of benzene rings is 1.